The van der Waals surface area contributed by atoms with E-state index in [4.69, 9.17) is 5.11 Å². The number of aliphatic hydroxyl groups excluding tert-OH is 1. The van der Waals surface area contributed by atoms with Crippen molar-refractivity contribution in [3.8, 4) is 0 Å². The van der Waals surface area contributed by atoms with Gasteiger partial charge in [0.15, 0.2) is 0 Å². The number of hydrogen-bond donors (Lipinski definition) is 1. The molecule has 0 rings (SSSR count). The third-order valence-electron chi connectivity index (χ3n) is 1.50. The van der Waals surface area contributed by atoms with E-state index in [2.05, 4.69) is 0 Å². The largest absolute Gasteiger partial charge is 0.386 e. The third-order valence-corrected chi connectivity index (χ3v) is 1.50. The molecule has 2 unspecified atom stereocenters. The van der Waals surface area contributed by atoms with Crippen LogP contribution in [0.25, 0.3) is 0 Å². The summed E-state index contributed by atoms with van der Waals surface area (Å²) >= 11 is 0. The lowest BCUT2D eigenvalue weighted by molar-refractivity contribution is -0.496. The van der Waals surface area contributed by atoms with Gasteiger partial charge in [-0.15, -0.1) is 0 Å². The summed E-state index contributed by atoms with van der Waals surface area (Å²) in [6.07, 6.45) is -1.01. The molecule has 0 aliphatic carbocycles. The van der Waals surface area contributed by atoms with Gasteiger partial charge in [0.2, 0.25) is 13.1 Å². The zero-order chi connectivity index (χ0) is 10.4. The molecule has 0 saturated heterocycles. The Morgan fingerprint density at radius 3 is 2.08 bits per heavy atom. The summed E-state index contributed by atoms with van der Waals surface area (Å²) in [6.45, 7) is 0.753. The van der Waals surface area contributed by atoms with Gasteiger partial charge < -0.3 is 5.11 Å². The molecular formula is C6H12N2O5. The van der Waals surface area contributed by atoms with E-state index in [1.165, 1.54) is 0 Å². The second-order valence-corrected chi connectivity index (χ2v) is 3.03. The fraction of sp³-hybridized carbons (Fsp3) is 1.00. The lowest BCUT2D eigenvalue weighted by Gasteiger charge is -2.09. The molecule has 0 saturated carbocycles. The van der Waals surface area contributed by atoms with Crippen LogP contribution in [0.3, 0.4) is 0 Å². The summed E-state index contributed by atoms with van der Waals surface area (Å²) in [7, 11) is 0. The predicted octanol–water partition coefficient (Wildman–Crippen LogP) is -0.0731. The van der Waals surface area contributed by atoms with Gasteiger partial charge in [0.05, 0.1) is 0 Å². The van der Waals surface area contributed by atoms with Crippen LogP contribution in [0.4, 0.5) is 0 Å². The highest BCUT2D eigenvalue weighted by molar-refractivity contribution is 4.59. The van der Waals surface area contributed by atoms with Crippen molar-refractivity contribution in [1.82, 2.24) is 0 Å². The van der Waals surface area contributed by atoms with Crippen LogP contribution >= 0.6 is 0 Å². The number of rotatable bonds is 6. The van der Waals surface area contributed by atoms with Gasteiger partial charge in [0.1, 0.15) is 6.10 Å². The minimum Gasteiger partial charge on any atom is -0.386 e. The monoisotopic (exact) mass is 192 g/mol. The van der Waals surface area contributed by atoms with Gasteiger partial charge in [-0.3, -0.25) is 20.2 Å². The molecule has 0 aromatic carbocycles. The molecule has 7 heteroatoms. The van der Waals surface area contributed by atoms with Crippen LogP contribution < -0.4 is 0 Å². The fourth-order valence-electron chi connectivity index (χ4n) is 1.04. The Hall–Kier alpha value is -1.24. The molecular weight excluding hydrogens is 180 g/mol. The fourth-order valence-corrected chi connectivity index (χ4v) is 1.04. The Labute approximate surface area is 74.7 Å². The van der Waals surface area contributed by atoms with Crippen LogP contribution in [0.5, 0.6) is 0 Å². The van der Waals surface area contributed by atoms with E-state index in [-0.39, 0.29) is 18.9 Å². The number of nitrogens with zero attached hydrogens (tertiary/aromatic N) is 2. The predicted molar refractivity (Wildman–Crippen MR) is 43.5 cm³/mol. The molecule has 7 nitrogen and oxygen atoms in total. The van der Waals surface area contributed by atoms with E-state index in [0.717, 1.165) is 0 Å². The average molecular weight is 192 g/mol. The Bertz CT molecular complexity index is 175. The van der Waals surface area contributed by atoms with E-state index < -0.39 is 22.5 Å². The van der Waals surface area contributed by atoms with Gasteiger partial charge in [-0.25, -0.2) is 0 Å². The van der Waals surface area contributed by atoms with Gasteiger partial charge in [-0.2, -0.15) is 0 Å². The number of aliphatic hydroxyl groups is 1. The van der Waals surface area contributed by atoms with E-state index in [9.17, 15) is 20.2 Å². The normalized spacial score (nSPS) is 14.9. The van der Waals surface area contributed by atoms with Crippen LogP contribution in [0.15, 0.2) is 0 Å². The minimum atomic E-state index is -1.09. The molecule has 0 aliphatic heterocycles. The van der Waals surface area contributed by atoms with Gasteiger partial charge in [0.25, 0.3) is 0 Å². The second kappa shape index (κ2) is 5.41. The maximum atomic E-state index is 10.0. The average Bonchev–Trinajstić information content (AvgIpc) is 1.80. The van der Waals surface area contributed by atoms with Crippen molar-refractivity contribution in [2.24, 2.45) is 5.92 Å². The van der Waals surface area contributed by atoms with Gasteiger partial charge in [-0.05, 0) is 6.42 Å². The zero-order valence-electron chi connectivity index (χ0n) is 7.25. The first-order chi connectivity index (χ1) is 5.91. The molecule has 0 heterocycles. The molecule has 13 heavy (non-hydrogen) atoms. The van der Waals surface area contributed by atoms with Crippen molar-refractivity contribution >= 4 is 0 Å². The lowest BCUT2D eigenvalue weighted by atomic mass is 10.0. The van der Waals surface area contributed by atoms with Gasteiger partial charge in [0, 0.05) is 15.8 Å². The molecule has 0 amide bonds. The van der Waals surface area contributed by atoms with Crippen LogP contribution in [-0.4, -0.2) is 34.1 Å². The van der Waals surface area contributed by atoms with Crippen molar-refractivity contribution in [1.29, 1.82) is 0 Å². The quantitative estimate of drug-likeness (QED) is 0.468. The highest BCUT2D eigenvalue weighted by atomic mass is 16.6. The molecule has 2 atom stereocenters. The Morgan fingerprint density at radius 2 is 1.69 bits per heavy atom. The Balaban J connectivity index is 3.70. The maximum Gasteiger partial charge on any atom is 0.229 e. The second-order valence-electron chi connectivity index (χ2n) is 3.03. The lowest BCUT2D eigenvalue weighted by Crippen LogP contribution is -2.24. The minimum absolute atomic E-state index is 0.0853. The van der Waals surface area contributed by atoms with Crippen molar-refractivity contribution in [2.45, 2.75) is 19.4 Å². The molecule has 0 spiro atoms. The van der Waals surface area contributed by atoms with Crippen molar-refractivity contribution in [2.75, 3.05) is 13.1 Å². The van der Waals surface area contributed by atoms with Crippen molar-refractivity contribution in [3.63, 3.8) is 0 Å². The summed E-state index contributed by atoms with van der Waals surface area (Å²) in [5.74, 6) is -0.343. The van der Waals surface area contributed by atoms with Gasteiger partial charge in [-0.1, -0.05) is 6.92 Å². The number of nitro groups is 2. The molecule has 0 aliphatic rings. The summed E-state index contributed by atoms with van der Waals surface area (Å²) in [5.41, 5.74) is 0. The maximum absolute atomic E-state index is 10.0. The molecule has 1 N–H and O–H groups in total. The Kier molecular flexibility index (Phi) is 4.90. The van der Waals surface area contributed by atoms with Crippen LogP contribution in [-0.2, 0) is 0 Å². The highest BCUT2D eigenvalue weighted by Gasteiger charge is 2.18. The van der Waals surface area contributed by atoms with Gasteiger partial charge >= 0.3 is 0 Å². The molecule has 76 valence electrons. The van der Waals surface area contributed by atoms with E-state index in [1.54, 1.807) is 6.92 Å². The summed E-state index contributed by atoms with van der Waals surface area (Å²) in [6, 6.07) is 0. The molecule has 0 fully saturated rings. The molecule has 0 radical (unpaired) electrons. The summed E-state index contributed by atoms with van der Waals surface area (Å²) < 4.78 is 0. The standard InChI is InChI=1S/C6H12N2O5/c1-5(3-7(10)11)2-6(9)4-8(12)13/h5-6,9H,2-4H2,1H3. The van der Waals surface area contributed by atoms with E-state index >= 15 is 0 Å². The first-order valence-electron chi connectivity index (χ1n) is 3.83. The van der Waals surface area contributed by atoms with Crippen molar-refractivity contribution in [3.05, 3.63) is 20.2 Å². The molecule has 0 bridgehead atoms. The van der Waals surface area contributed by atoms with E-state index in [0.29, 0.717) is 0 Å². The first-order valence-corrected chi connectivity index (χ1v) is 3.83. The van der Waals surface area contributed by atoms with Crippen LogP contribution in [0.2, 0.25) is 0 Å². The molecule has 0 aromatic rings. The smallest absolute Gasteiger partial charge is 0.229 e. The van der Waals surface area contributed by atoms with E-state index in [1.807, 2.05) is 0 Å². The molecule has 0 aromatic heterocycles. The topological polar surface area (TPSA) is 107 Å². The highest BCUT2D eigenvalue weighted by Crippen LogP contribution is 2.06. The Morgan fingerprint density at radius 1 is 1.23 bits per heavy atom. The SMILES string of the molecule is CC(CC(O)C[N+](=O)[O-])C[N+](=O)[O-]. The van der Waals surface area contributed by atoms with Crippen molar-refractivity contribution < 1.29 is 15.0 Å². The summed E-state index contributed by atoms with van der Waals surface area (Å²) in [5, 5.41) is 29.0. The van der Waals surface area contributed by atoms with Crippen LogP contribution in [0, 0.1) is 26.1 Å². The van der Waals surface area contributed by atoms with Crippen LogP contribution in [0.1, 0.15) is 13.3 Å². The first kappa shape index (κ1) is 11.8. The summed E-state index contributed by atoms with van der Waals surface area (Å²) in [4.78, 5) is 18.8. The zero-order valence-corrected chi connectivity index (χ0v) is 7.25. The number of hydrogen-bond acceptors (Lipinski definition) is 5. The third kappa shape index (κ3) is 7.13.